The molecule has 0 radical (unpaired) electrons. The van der Waals surface area contributed by atoms with Gasteiger partial charge in [-0.05, 0) is 54.6 Å². The van der Waals surface area contributed by atoms with E-state index in [9.17, 15) is 0 Å². The second kappa shape index (κ2) is 5.98. The zero-order valence-electron chi connectivity index (χ0n) is 12.5. The highest BCUT2D eigenvalue weighted by Gasteiger charge is 2.37. The van der Waals surface area contributed by atoms with E-state index < -0.39 is 0 Å². The Hall–Kier alpha value is -1.68. The largest absolute Gasteiger partial charge is 0.331 e. The number of nitrogens with zero attached hydrogens (tertiary/aromatic N) is 1. The van der Waals surface area contributed by atoms with Crippen LogP contribution in [-0.2, 0) is 0 Å². The summed E-state index contributed by atoms with van der Waals surface area (Å²) in [6.45, 7) is 4.38. The number of hydrazone groups is 1. The summed E-state index contributed by atoms with van der Waals surface area (Å²) in [6.07, 6.45) is 6.75. The summed E-state index contributed by atoms with van der Waals surface area (Å²) in [6, 6.07) is 8.36. The number of fused-ring (bicyclic) bond motifs is 1. The highest BCUT2D eigenvalue weighted by Crippen LogP contribution is 2.40. The maximum atomic E-state index is 5.29. The lowest BCUT2D eigenvalue weighted by molar-refractivity contribution is 0.463. The molecule has 2 aliphatic carbocycles. The van der Waals surface area contributed by atoms with Gasteiger partial charge in [-0.1, -0.05) is 38.1 Å². The van der Waals surface area contributed by atoms with Gasteiger partial charge in [0.1, 0.15) is 0 Å². The first kappa shape index (κ1) is 14.3. The zero-order valence-corrected chi connectivity index (χ0v) is 13.3. The van der Waals surface area contributed by atoms with Crippen molar-refractivity contribution in [1.29, 1.82) is 0 Å². The molecular weight excluding hydrogens is 278 g/mol. The van der Waals surface area contributed by atoms with Gasteiger partial charge in [0.25, 0.3) is 0 Å². The number of thiocarbonyl (C=S) groups is 1. The van der Waals surface area contributed by atoms with E-state index in [1.807, 2.05) is 0 Å². The lowest BCUT2D eigenvalue weighted by Crippen LogP contribution is -2.36. The molecule has 1 aromatic rings. The predicted molar refractivity (Wildman–Crippen MR) is 92.7 cm³/mol. The van der Waals surface area contributed by atoms with Crippen LogP contribution in [0.2, 0.25) is 0 Å². The molecule has 3 rings (SSSR count). The fraction of sp³-hybridized carbons (Fsp3) is 0.412. The van der Waals surface area contributed by atoms with Crippen LogP contribution in [0.3, 0.4) is 0 Å². The fourth-order valence-electron chi connectivity index (χ4n) is 2.90. The van der Waals surface area contributed by atoms with Crippen molar-refractivity contribution in [3.63, 3.8) is 0 Å². The van der Waals surface area contributed by atoms with Gasteiger partial charge in [0.15, 0.2) is 5.11 Å². The molecule has 2 atom stereocenters. The third-order valence-corrected chi connectivity index (χ3v) is 4.49. The van der Waals surface area contributed by atoms with Gasteiger partial charge >= 0.3 is 0 Å². The first-order chi connectivity index (χ1) is 10.1. The predicted octanol–water partition coefficient (Wildman–Crippen LogP) is 4.05. The van der Waals surface area contributed by atoms with Crippen LogP contribution in [0.25, 0.3) is 0 Å². The summed E-state index contributed by atoms with van der Waals surface area (Å²) in [7, 11) is 0. The van der Waals surface area contributed by atoms with Gasteiger partial charge in [-0.3, -0.25) is 5.43 Å². The first-order valence-corrected chi connectivity index (χ1v) is 7.94. The second-order valence-electron chi connectivity index (χ2n) is 6.08. The van der Waals surface area contributed by atoms with Crippen LogP contribution in [0.1, 0.15) is 38.2 Å². The maximum Gasteiger partial charge on any atom is 0.191 e. The molecule has 2 aliphatic rings. The monoisotopic (exact) mass is 299 g/mol. The normalized spacial score (nSPS) is 24.8. The molecule has 4 heteroatoms. The average Bonchev–Trinajstić information content (AvgIpc) is 2.81. The molecule has 1 saturated carbocycles. The molecule has 0 heterocycles. The Balaban J connectivity index is 1.51. The molecule has 0 amide bonds. The van der Waals surface area contributed by atoms with Crippen molar-refractivity contribution in [2.45, 2.75) is 32.6 Å². The van der Waals surface area contributed by atoms with E-state index >= 15 is 0 Å². The molecule has 0 aliphatic heterocycles. The van der Waals surface area contributed by atoms with E-state index in [4.69, 9.17) is 12.2 Å². The summed E-state index contributed by atoms with van der Waals surface area (Å²) in [5, 5.41) is 8.16. The van der Waals surface area contributed by atoms with Crippen molar-refractivity contribution in [3.05, 3.63) is 42.0 Å². The van der Waals surface area contributed by atoms with Crippen LogP contribution < -0.4 is 10.7 Å². The first-order valence-electron chi connectivity index (χ1n) is 7.53. The Morgan fingerprint density at radius 1 is 1.29 bits per heavy atom. The quantitative estimate of drug-likeness (QED) is 0.502. The molecule has 1 aromatic carbocycles. The molecule has 21 heavy (non-hydrogen) atoms. The number of hydrogen-bond donors (Lipinski definition) is 2. The van der Waals surface area contributed by atoms with Crippen molar-refractivity contribution < 1.29 is 0 Å². The van der Waals surface area contributed by atoms with Crippen molar-refractivity contribution in [1.82, 2.24) is 5.43 Å². The Morgan fingerprint density at radius 3 is 2.71 bits per heavy atom. The van der Waals surface area contributed by atoms with Crippen LogP contribution >= 0.6 is 12.2 Å². The Labute approximate surface area is 131 Å². The third kappa shape index (κ3) is 3.16. The number of allylic oxidation sites excluding steroid dienone is 2. The summed E-state index contributed by atoms with van der Waals surface area (Å²) >= 11 is 5.29. The number of benzene rings is 1. The van der Waals surface area contributed by atoms with Gasteiger partial charge < -0.3 is 5.32 Å². The molecular formula is C17H21N3S. The van der Waals surface area contributed by atoms with Crippen molar-refractivity contribution >= 4 is 28.7 Å². The molecule has 3 nitrogen and oxygen atoms in total. The molecule has 1 fully saturated rings. The van der Waals surface area contributed by atoms with E-state index in [1.54, 1.807) is 0 Å². The third-order valence-electron chi connectivity index (χ3n) is 4.30. The lowest BCUT2D eigenvalue weighted by atomic mass is 9.74. The van der Waals surface area contributed by atoms with Gasteiger partial charge in [0, 0.05) is 17.3 Å². The number of rotatable bonds is 3. The van der Waals surface area contributed by atoms with Crippen LogP contribution in [0, 0.1) is 11.8 Å². The lowest BCUT2D eigenvalue weighted by Gasteiger charge is -2.31. The van der Waals surface area contributed by atoms with E-state index in [2.05, 4.69) is 66.1 Å². The number of nitrogens with one attached hydrogen (secondary N) is 2. The molecule has 0 spiro atoms. The van der Waals surface area contributed by atoms with Crippen molar-refractivity contribution in [2.24, 2.45) is 16.9 Å². The molecule has 110 valence electrons. The fourth-order valence-corrected chi connectivity index (χ4v) is 3.06. The van der Waals surface area contributed by atoms with Crippen LogP contribution in [0.5, 0.6) is 0 Å². The molecule has 0 bridgehead atoms. The summed E-state index contributed by atoms with van der Waals surface area (Å²) in [5.74, 6) is 1.88. The van der Waals surface area contributed by atoms with Gasteiger partial charge in [0.2, 0.25) is 0 Å². The topological polar surface area (TPSA) is 36.4 Å². The smallest absolute Gasteiger partial charge is 0.191 e. The minimum Gasteiger partial charge on any atom is -0.331 e. The SMILES string of the molecule is CC(C)c1ccc(NC(=S)N/N=C2\CC3C=CCC23)cc1. The number of hydrogen-bond acceptors (Lipinski definition) is 2. The van der Waals surface area contributed by atoms with E-state index in [-0.39, 0.29) is 0 Å². The van der Waals surface area contributed by atoms with Gasteiger partial charge in [0.05, 0.1) is 0 Å². The minimum absolute atomic E-state index is 0.544. The average molecular weight is 299 g/mol. The Kier molecular flexibility index (Phi) is 4.06. The van der Waals surface area contributed by atoms with Crippen LogP contribution in [0.4, 0.5) is 5.69 Å². The summed E-state index contributed by atoms with van der Waals surface area (Å²) in [4.78, 5) is 0. The van der Waals surface area contributed by atoms with E-state index in [1.165, 1.54) is 11.3 Å². The van der Waals surface area contributed by atoms with Gasteiger partial charge in [-0.15, -0.1) is 0 Å². The van der Waals surface area contributed by atoms with Crippen molar-refractivity contribution in [2.75, 3.05) is 5.32 Å². The van der Waals surface area contributed by atoms with Crippen molar-refractivity contribution in [3.8, 4) is 0 Å². The highest BCUT2D eigenvalue weighted by molar-refractivity contribution is 7.80. The van der Waals surface area contributed by atoms with Gasteiger partial charge in [-0.2, -0.15) is 5.10 Å². The van der Waals surface area contributed by atoms with Crippen LogP contribution in [0.15, 0.2) is 41.5 Å². The summed E-state index contributed by atoms with van der Waals surface area (Å²) < 4.78 is 0. The maximum absolute atomic E-state index is 5.29. The standard InChI is InChI=1S/C17H21N3S/c1-11(2)12-6-8-14(9-7-12)18-17(21)20-19-16-10-13-4-3-5-15(13)16/h3-4,6-9,11,13,15H,5,10H2,1-2H3,(H2,18,20,21)/b19-16+. The highest BCUT2D eigenvalue weighted by atomic mass is 32.1. The molecule has 2 N–H and O–H groups in total. The molecule has 0 saturated heterocycles. The summed E-state index contributed by atoms with van der Waals surface area (Å²) in [5.41, 5.74) is 6.52. The molecule has 0 aromatic heterocycles. The van der Waals surface area contributed by atoms with E-state index in [0.29, 0.717) is 16.9 Å². The second-order valence-corrected chi connectivity index (χ2v) is 6.49. The zero-order chi connectivity index (χ0) is 14.8. The Morgan fingerprint density at radius 2 is 2.05 bits per heavy atom. The molecule has 2 unspecified atom stereocenters. The Bertz CT molecular complexity index is 587. The van der Waals surface area contributed by atoms with E-state index in [0.717, 1.165) is 24.4 Å². The van der Waals surface area contributed by atoms with Gasteiger partial charge in [-0.25, -0.2) is 0 Å². The van der Waals surface area contributed by atoms with Crippen LogP contribution in [-0.4, -0.2) is 10.8 Å². The number of anilines is 1. The minimum atomic E-state index is 0.544.